The highest BCUT2D eigenvalue weighted by Crippen LogP contribution is 2.33. The van der Waals surface area contributed by atoms with Gasteiger partial charge in [0.05, 0.1) is 10.8 Å². The molecule has 0 heterocycles. The maximum Gasteiger partial charge on any atom is 0.306 e. The molecule has 0 bridgehead atoms. The van der Waals surface area contributed by atoms with Gasteiger partial charge in [0.25, 0.3) is 5.69 Å². The van der Waals surface area contributed by atoms with Crippen molar-refractivity contribution >= 4 is 34.9 Å². The molecule has 1 fully saturated rings. The molecule has 0 aliphatic heterocycles. The molecule has 1 aromatic carbocycles. The van der Waals surface area contributed by atoms with Gasteiger partial charge in [-0.3, -0.25) is 19.7 Å². The van der Waals surface area contributed by atoms with Gasteiger partial charge in [-0.2, -0.15) is 0 Å². The molecule has 1 amide bonds. The van der Waals surface area contributed by atoms with Crippen LogP contribution in [0.1, 0.15) is 19.3 Å². The number of rotatable bonds is 4. The normalized spacial score (nSPS) is 21.0. The third kappa shape index (κ3) is 3.49. The second-order valence-corrected chi connectivity index (χ2v) is 5.36. The lowest BCUT2D eigenvalue weighted by atomic mass is 10.0. The summed E-state index contributed by atoms with van der Waals surface area (Å²) in [5.41, 5.74) is -0.0147. The van der Waals surface area contributed by atoms with Crippen LogP contribution in [0.25, 0.3) is 0 Å². The molecule has 0 unspecified atom stereocenters. The predicted octanol–water partition coefficient (Wildman–Crippen LogP) is 2.69. The Morgan fingerprint density at radius 3 is 2.57 bits per heavy atom. The first-order valence-corrected chi connectivity index (χ1v) is 6.74. The molecule has 112 valence electrons. The van der Waals surface area contributed by atoms with Crippen molar-refractivity contribution in [1.29, 1.82) is 0 Å². The molecule has 1 aliphatic carbocycles. The Hall–Kier alpha value is -2.15. The molecule has 7 nitrogen and oxygen atoms in total. The standard InChI is InChI=1S/C13H13ClN2O5/c14-10-4-3-9(6-11(10)16(20)21)15-12(17)7-1-2-8(5-7)13(18)19/h3-4,6-8H,1-2,5H2,(H,15,17)(H,18,19)/t7-,8+/m1/s1. The number of nitrogens with zero attached hydrogens (tertiary/aromatic N) is 1. The lowest BCUT2D eigenvalue weighted by Crippen LogP contribution is -2.21. The fourth-order valence-corrected chi connectivity index (χ4v) is 2.61. The van der Waals surface area contributed by atoms with E-state index in [1.165, 1.54) is 18.2 Å². The van der Waals surface area contributed by atoms with Crippen molar-refractivity contribution in [2.24, 2.45) is 11.8 Å². The van der Waals surface area contributed by atoms with Crippen LogP contribution in [-0.2, 0) is 9.59 Å². The molecule has 0 aromatic heterocycles. The number of aliphatic carboxylic acids is 1. The van der Waals surface area contributed by atoms with Crippen LogP contribution < -0.4 is 5.32 Å². The fraction of sp³-hybridized carbons (Fsp3) is 0.385. The third-order valence-corrected chi connectivity index (χ3v) is 3.88. The molecule has 0 spiro atoms. The Morgan fingerprint density at radius 2 is 2.00 bits per heavy atom. The summed E-state index contributed by atoms with van der Waals surface area (Å²) in [6, 6.07) is 3.99. The summed E-state index contributed by atoms with van der Waals surface area (Å²) < 4.78 is 0. The SMILES string of the molecule is O=C(O)[C@H]1CC[C@@H](C(=O)Nc2ccc(Cl)c([N+](=O)[O-])c2)C1. The Balaban J connectivity index is 2.05. The van der Waals surface area contributed by atoms with Gasteiger partial charge >= 0.3 is 5.97 Å². The van der Waals surface area contributed by atoms with E-state index in [1.807, 2.05) is 0 Å². The molecule has 0 saturated heterocycles. The van der Waals surface area contributed by atoms with E-state index in [1.54, 1.807) is 0 Å². The van der Waals surface area contributed by atoms with Gasteiger partial charge in [-0.25, -0.2) is 0 Å². The molecule has 2 N–H and O–H groups in total. The number of carbonyl (C=O) groups is 2. The van der Waals surface area contributed by atoms with Crippen molar-refractivity contribution in [3.05, 3.63) is 33.3 Å². The summed E-state index contributed by atoms with van der Waals surface area (Å²) in [5.74, 6) is -2.11. The van der Waals surface area contributed by atoms with Crippen LogP contribution in [0.15, 0.2) is 18.2 Å². The lowest BCUT2D eigenvalue weighted by molar-refractivity contribution is -0.384. The predicted molar refractivity (Wildman–Crippen MR) is 75.2 cm³/mol. The minimum atomic E-state index is -0.896. The Kier molecular flexibility index (Phi) is 4.42. The molecular formula is C13H13ClN2O5. The van der Waals surface area contributed by atoms with E-state index < -0.39 is 16.8 Å². The van der Waals surface area contributed by atoms with Crippen molar-refractivity contribution in [3.8, 4) is 0 Å². The number of halogens is 1. The van der Waals surface area contributed by atoms with Crippen LogP contribution in [0, 0.1) is 22.0 Å². The van der Waals surface area contributed by atoms with Crippen LogP contribution in [0.2, 0.25) is 5.02 Å². The zero-order valence-corrected chi connectivity index (χ0v) is 11.7. The Morgan fingerprint density at radius 1 is 1.33 bits per heavy atom. The third-order valence-electron chi connectivity index (χ3n) is 3.56. The minimum Gasteiger partial charge on any atom is -0.481 e. The largest absolute Gasteiger partial charge is 0.481 e. The number of benzene rings is 1. The highest BCUT2D eigenvalue weighted by molar-refractivity contribution is 6.32. The topological polar surface area (TPSA) is 110 Å². The molecular weight excluding hydrogens is 300 g/mol. The molecule has 1 aliphatic rings. The van der Waals surface area contributed by atoms with E-state index in [0.29, 0.717) is 12.8 Å². The van der Waals surface area contributed by atoms with Gasteiger partial charge in [0, 0.05) is 17.7 Å². The molecule has 0 radical (unpaired) electrons. The number of carboxylic acids is 1. The minimum absolute atomic E-state index is 0.00944. The molecule has 21 heavy (non-hydrogen) atoms. The zero-order chi connectivity index (χ0) is 15.6. The summed E-state index contributed by atoms with van der Waals surface area (Å²) in [4.78, 5) is 33.1. The van der Waals surface area contributed by atoms with Crippen molar-refractivity contribution in [3.63, 3.8) is 0 Å². The number of amides is 1. The van der Waals surface area contributed by atoms with Crippen LogP contribution >= 0.6 is 11.6 Å². The summed E-state index contributed by atoms with van der Waals surface area (Å²) in [6.07, 6.45) is 1.25. The second kappa shape index (κ2) is 6.09. The van der Waals surface area contributed by atoms with Crippen molar-refractivity contribution in [2.75, 3.05) is 5.32 Å². The summed E-state index contributed by atoms with van der Waals surface area (Å²) >= 11 is 5.69. The van der Waals surface area contributed by atoms with E-state index in [9.17, 15) is 19.7 Å². The second-order valence-electron chi connectivity index (χ2n) is 4.96. The van der Waals surface area contributed by atoms with Crippen molar-refractivity contribution < 1.29 is 19.6 Å². The Bertz CT molecular complexity index is 604. The van der Waals surface area contributed by atoms with Gasteiger partial charge in [0.2, 0.25) is 5.91 Å². The van der Waals surface area contributed by atoms with Gasteiger partial charge in [-0.15, -0.1) is 0 Å². The average molecular weight is 313 g/mol. The number of nitro benzene ring substituents is 1. The number of hydrogen-bond donors (Lipinski definition) is 2. The first kappa shape index (κ1) is 15.2. The summed E-state index contributed by atoms with van der Waals surface area (Å²) in [6.45, 7) is 0. The Labute approximate surface area is 125 Å². The van der Waals surface area contributed by atoms with Crippen LogP contribution in [0.3, 0.4) is 0 Å². The number of anilines is 1. The van der Waals surface area contributed by atoms with E-state index in [-0.39, 0.29) is 34.6 Å². The zero-order valence-electron chi connectivity index (χ0n) is 10.9. The maximum atomic E-state index is 12.0. The summed E-state index contributed by atoms with van der Waals surface area (Å²) in [5, 5.41) is 22.2. The maximum absolute atomic E-state index is 12.0. The fourth-order valence-electron chi connectivity index (χ4n) is 2.42. The molecule has 2 atom stereocenters. The lowest BCUT2D eigenvalue weighted by Gasteiger charge is -2.11. The average Bonchev–Trinajstić information content (AvgIpc) is 2.90. The first-order chi connectivity index (χ1) is 9.88. The molecule has 1 aromatic rings. The van der Waals surface area contributed by atoms with E-state index in [4.69, 9.17) is 16.7 Å². The molecule has 8 heteroatoms. The van der Waals surface area contributed by atoms with Crippen molar-refractivity contribution in [2.45, 2.75) is 19.3 Å². The number of hydrogen-bond acceptors (Lipinski definition) is 4. The van der Waals surface area contributed by atoms with Crippen LogP contribution in [0.5, 0.6) is 0 Å². The monoisotopic (exact) mass is 312 g/mol. The van der Waals surface area contributed by atoms with Crippen LogP contribution in [0.4, 0.5) is 11.4 Å². The number of carbonyl (C=O) groups excluding carboxylic acids is 1. The molecule has 2 rings (SSSR count). The number of carboxylic acid groups (broad SMARTS) is 1. The van der Waals surface area contributed by atoms with Gasteiger partial charge in [-0.05, 0) is 31.4 Å². The summed E-state index contributed by atoms with van der Waals surface area (Å²) in [7, 11) is 0. The number of nitro groups is 1. The molecule has 1 saturated carbocycles. The smallest absolute Gasteiger partial charge is 0.306 e. The number of nitrogens with one attached hydrogen (secondary N) is 1. The van der Waals surface area contributed by atoms with Gasteiger partial charge in [0.15, 0.2) is 0 Å². The highest BCUT2D eigenvalue weighted by Gasteiger charge is 2.33. The quantitative estimate of drug-likeness (QED) is 0.656. The van der Waals surface area contributed by atoms with Crippen molar-refractivity contribution in [1.82, 2.24) is 0 Å². The van der Waals surface area contributed by atoms with Gasteiger partial charge < -0.3 is 10.4 Å². The van der Waals surface area contributed by atoms with Crippen LogP contribution in [-0.4, -0.2) is 21.9 Å². The van der Waals surface area contributed by atoms with E-state index in [0.717, 1.165) is 0 Å². The van der Waals surface area contributed by atoms with E-state index >= 15 is 0 Å². The van der Waals surface area contributed by atoms with Gasteiger partial charge in [0.1, 0.15) is 5.02 Å². The van der Waals surface area contributed by atoms with E-state index in [2.05, 4.69) is 5.32 Å². The van der Waals surface area contributed by atoms with Gasteiger partial charge in [-0.1, -0.05) is 11.6 Å². The first-order valence-electron chi connectivity index (χ1n) is 6.36. The highest BCUT2D eigenvalue weighted by atomic mass is 35.5.